The van der Waals surface area contributed by atoms with Gasteiger partial charge >= 0.3 is 0 Å². The van der Waals surface area contributed by atoms with Gasteiger partial charge in [-0.3, -0.25) is 4.79 Å². The van der Waals surface area contributed by atoms with Gasteiger partial charge in [-0.05, 0) is 24.6 Å². The largest absolute Gasteiger partial charge is 0.346 e. The molecule has 1 atom stereocenters. The molecule has 0 fully saturated rings. The highest BCUT2D eigenvalue weighted by molar-refractivity contribution is 7.98. The lowest BCUT2D eigenvalue weighted by atomic mass is 10.1. The fourth-order valence-corrected chi connectivity index (χ4v) is 4.27. The molecular weight excluding hydrogens is 388 g/mol. The van der Waals surface area contributed by atoms with E-state index in [0.29, 0.717) is 17.3 Å². The summed E-state index contributed by atoms with van der Waals surface area (Å²) in [6.07, 6.45) is 0. The molecule has 1 N–H and O–H groups in total. The van der Waals surface area contributed by atoms with E-state index < -0.39 is 11.6 Å². The normalized spacial score (nSPS) is 12.0. The minimum absolute atomic E-state index is 0.0489. The monoisotopic (exact) mass is 405 g/mol. The van der Waals surface area contributed by atoms with Crippen LogP contribution in [0.15, 0.2) is 48.5 Å². The topological polar surface area (TPSA) is 54.9 Å². The second-order valence-corrected chi connectivity index (χ2v) is 8.15. The summed E-state index contributed by atoms with van der Waals surface area (Å²) in [5.41, 5.74) is 1.04. The van der Waals surface area contributed by atoms with Crippen molar-refractivity contribution in [3.05, 3.63) is 81.3 Å². The zero-order chi connectivity index (χ0) is 19.2. The summed E-state index contributed by atoms with van der Waals surface area (Å²) in [5, 5.41) is 11.2. The van der Waals surface area contributed by atoms with E-state index in [9.17, 15) is 13.6 Å². The Morgan fingerprint density at radius 2 is 1.81 bits per heavy atom. The van der Waals surface area contributed by atoms with Gasteiger partial charge in [-0.15, -0.1) is 22.0 Å². The summed E-state index contributed by atoms with van der Waals surface area (Å²) in [4.78, 5) is 12.2. The van der Waals surface area contributed by atoms with Crippen LogP contribution in [0.5, 0.6) is 0 Å². The molecule has 140 valence electrons. The van der Waals surface area contributed by atoms with Crippen molar-refractivity contribution >= 4 is 29.0 Å². The fourth-order valence-electron chi connectivity index (χ4n) is 2.44. The van der Waals surface area contributed by atoms with Crippen LogP contribution >= 0.6 is 23.1 Å². The van der Waals surface area contributed by atoms with Gasteiger partial charge in [0.05, 0.1) is 0 Å². The molecule has 0 aliphatic rings. The van der Waals surface area contributed by atoms with E-state index in [4.69, 9.17) is 0 Å². The number of nitrogens with one attached hydrogen (secondary N) is 1. The molecule has 0 aliphatic carbocycles. The molecule has 0 bridgehead atoms. The highest BCUT2D eigenvalue weighted by Crippen LogP contribution is 2.34. The van der Waals surface area contributed by atoms with Crippen LogP contribution in [0.2, 0.25) is 0 Å². The van der Waals surface area contributed by atoms with Crippen LogP contribution in [-0.2, 0) is 12.3 Å². The molecule has 3 aromatic rings. The summed E-state index contributed by atoms with van der Waals surface area (Å²) in [7, 11) is 0. The average Bonchev–Trinajstić information content (AvgIpc) is 3.14. The van der Waals surface area contributed by atoms with Crippen LogP contribution in [0, 0.1) is 11.6 Å². The maximum absolute atomic E-state index is 13.8. The van der Waals surface area contributed by atoms with Gasteiger partial charge in [0.15, 0.2) is 0 Å². The first kappa shape index (κ1) is 19.4. The Bertz CT molecular complexity index is 898. The molecule has 27 heavy (non-hydrogen) atoms. The second kappa shape index (κ2) is 9.05. The van der Waals surface area contributed by atoms with E-state index in [1.54, 1.807) is 6.92 Å². The van der Waals surface area contributed by atoms with Crippen LogP contribution < -0.4 is 5.32 Å². The van der Waals surface area contributed by atoms with Gasteiger partial charge < -0.3 is 5.32 Å². The van der Waals surface area contributed by atoms with Crippen molar-refractivity contribution in [3.8, 4) is 0 Å². The molecule has 3 rings (SSSR count). The Morgan fingerprint density at radius 1 is 1.11 bits per heavy atom. The lowest BCUT2D eigenvalue weighted by Crippen LogP contribution is -2.22. The molecule has 1 unspecified atom stereocenters. The molecule has 1 aromatic heterocycles. The third-order valence-corrected chi connectivity index (χ3v) is 6.10. The van der Waals surface area contributed by atoms with E-state index in [0.717, 1.165) is 5.56 Å². The number of carbonyl (C=O) groups is 1. The Balaban J connectivity index is 1.55. The summed E-state index contributed by atoms with van der Waals surface area (Å²) in [6.45, 7) is 2.15. The quantitative estimate of drug-likeness (QED) is 0.617. The predicted molar refractivity (Wildman–Crippen MR) is 104 cm³/mol. The van der Waals surface area contributed by atoms with Crippen LogP contribution in [0.1, 0.15) is 38.1 Å². The zero-order valence-electron chi connectivity index (χ0n) is 14.5. The van der Waals surface area contributed by atoms with Crippen LogP contribution in [0.4, 0.5) is 8.78 Å². The molecular formula is C19H17F2N3OS2. The van der Waals surface area contributed by atoms with Gasteiger partial charge in [-0.2, -0.15) is 0 Å². The molecule has 0 saturated carbocycles. The number of aromatic nitrogens is 2. The number of benzene rings is 2. The van der Waals surface area contributed by atoms with E-state index in [1.165, 1.54) is 41.3 Å². The first-order chi connectivity index (χ1) is 13.0. The van der Waals surface area contributed by atoms with Gasteiger partial charge in [-0.1, -0.05) is 47.7 Å². The molecule has 0 spiro atoms. The zero-order valence-corrected chi connectivity index (χ0v) is 16.1. The Hall–Kier alpha value is -2.32. The van der Waals surface area contributed by atoms with E-state index in [2.05, 4.69) is 15.5 Å². The highest BCUT2D eigenvalue weighted by Gasteiger charge is 2.18. The smallest absolute Gasteiger partial charge is 0.282 e. The van der Waals surface area contributed by atoms with Gasteiger partial charge in [-0.25, -0.2) is 8.78 Å². The van der Waals surface area contributed by atoms with Gasteiger partial charge in [0.1, 0.15) is 16.6 Å². The minimum Gasteiger partial charge on any atom is -0.346 e. The number of hydrogen-bond donors (Lipinski definition) is 1. The van der Waals surface area contributed by atoms with Crippen molar-refractivity contribution < 1.29 is 13.6 Å². The lowest BCUT2D eigenvalue weighted by Gasteiger charge is -2.12. The van der Waals surface area contributed by atoms with Gasteiger partial charge in [0.2, 0.25) is 5.01 Å². The van der Waals surface area contributed by atoms with E-state index in [-0.39, 0.29) is 21.7 Å². The first-order valence-electron chi connectivity index (χ1n) is 8.24. The standard InChI is InChI=1S/C19H17F2N3OS2/c1-12(17-14(20)8-5-9-15(17)21)26-11-16-23-24-19(27-16)18(25)22-10-13-6-3-2-4-7-13/h2-9,12H,10-11H2,1H3,(H,22,25). The van der Waals surface area contributed by atoms with Crippen molar-refractivity contribution in [2.45, 2.75) is 24.5 Å². The summed E-state index contributed by atoms with van der Waals surface area (Å²) in [5.74, 6) is -0.999. The number of rotatable bonds is 7. The lowest BCUT2D eigenvalue weighted by molar-refractivity contribution is 0.0950. The van der Waals surface area contributed by atoms with Crippen LogP contribution in [0.3, 0.4) is 0 Å². The average molecular weight is 405 g/mol. The minimum atomic E-state index is -0.562. The molecule has 0 radical (unpaired) electrons. The molecule has 8 heteroatoms. The molecule has 0 aliphatic heterocycles. The third-order valence-electron chi connectivity index (χ3n) is 3.82. The summed E-state index contributed by atoms with van der Waals surface area (Å²) >= 11 is 2.52. The van der Waals surface area contributed by atoms with Crippen molar-refractivity contribution in [2.75, 3.05) is 0 Å². The van der Waals surface area contributed by atoms with Gasteiger partial charge in [0.25, 0.3) is 5.91 Å². The number of hydrogen-bond acceptors (Lipinski definition) is 5. The SMILES string of the molecule is CC(SCc1nnc(C(=O)NCc2ccccc2)s1)c1c(F)cccc1F. The number of amides is 1. The highest BCUT2D eigenvalue weighted by atomic mass is 32.2. The number of nitrogens with zero attached hydrogens (tertiary/aromatic N) is 2. The Kier molecular flexibility index (Phi) is 6.52. The maximum atomic E-state index is 13.8. The molecule has 2 aromatic carbocycles. The van der Waals surface area contributed by atoms with Crippen molar-refractivity contribution in [1.82, 2.24) is 15.5 Å². The molecule has 0 saturated heterocycles. The van der Waals surface area contributed by atoms with Gasteiger partial charge in [0, 0.05) is 23.1 Å². The molecule has 1 amide bonds. The Morgan fingerprint density at radius 3 is 2.52 bits per heavy atom. The second-order valence-electron chi connectivity index (χ2n) is 5.76. The van der Waals surface area contributed by atoms with Crippen molar-refractivity contribution in [2.24, 2.45) is 0 Å². The van der Waals surface area contributed by atoms with Crippen LogP contribution in [0.25, 0.3) is 0 Å². The number of thioether (sulfide) groups is 1. The number of carbonyl (C=O) groups excluding carboxylic acids is 1. The predicted octanol–water partition coefficient (Wildman–Crippen LogP) is 4.74. The van der Waals surface area contributed by atoms with Crippen molar-refractivity contribution in [1.29, 1.82) is 0 Å². The van der Waals surface area contributed by atoms with E-state index >= 15 is 0 Å². The molecule has 1 heterocycles. The third kappa shape index (κ3) is 5.11. The van der Waals surface area contributed by atoms with Crippen LogP contribution in [-0.4, -0.2) is 16.1 Å². The van der Waals surface area contributed by atoms with Crippen molar-refractivity contribution in [3.63, 3.8) is 0 Å². The fraction of sp³-hybridized carbons (Fsp3) is 0.211. The maximum Gasteiger partial charge on any atom is 0.282 e. The summed E-state index contributed by atoms with van der Waals surface area (Å²) in [6, 6.07) is 13.4. The molecule has 4 nitrogen and oxygen atoms in total. The number of halogens is 2. The first-order valence-corrected chi connectivity index (χ1v) is 10.1. The summed E-state index contributed by atoms with van der Waals surface area (Å²) < 4.78 is 27.7. The Labute approximate surface area is 164 Å². The van der Waals surface area contributed by atoms with E-state index in [1.807, 2.05) is 30.3 Å².